The Balaban J connectivity index is 2.81. The summed E-state index contributed by atoms with van der Waals surface area (Å²) in [5, 5.41) is 0.752. The minimum atomic E-state index is -0.485. The van der Waals surface area contributed by atoms with Crippen molar-refractivity contribution in [3.05, 3.63) is 35.4 Å². The number of unbranched alkanes of at least 4 members (excludes halogenated alkanes) is 1. The van der Waals surface area contributed by atoms with Gasteiger partial charge in [0.1, 0.15) is 0 Å². The summed E-state index contributed by atoms with van der Waals surface area (Å²) in [4.78, 5) is 24.8. The molecule has 0 aromatic heterocycles. The summed E-state index contributed by atoms with van der Waals surface area (Å²) >= 11 is 3.36. The fraction of sp³-hybridized carbons (Fsp3) is 0.429. The van der Waals surface area contributed by atoms with Gasteiger partial charge in [0.15, 0.2) is 0 Å². The van der Waals surface area contributed by atoms with E-state index >= 15 is 0 Å². The Morgan fingerprint density at radius 2 is 1.89 bits per heavy atom. The normalized spacial score (nSPS) is 10.2. The number of rotatable bonds is 7. The summed E-state index contributed by atoms with van der Waals surface area (Å²) in [5.74, 6) is -0.630. The third-order valence-electron chi connectivity index (χ3n) is 2.77. The number of hydrogen-bond acceptors (Lipinski definition) is 2. The van der Waals surface area contributed by atoms with Crippen molar-refractivity contribution in [1.82, 2.24) is 4.90 Å². The molecule has 19 heavy (non-hydrogen) atoms. The molecule has 0 aliphatic heterocycles. The zero-order valence-electron chi connectivity index (χ0n) is 11.1. The molecule has 5 heteroatoms. The Kier molecular flexibility index (Phi) is 6.56. The number of carbonyl (C=O) groups is 2. The Morgan fingerprint density at radius 3 is 2.37 bits per heavy atom. The molecule has 104 valence electrons. The lowest BCUT2D eigenvalue weighted by Gasteiger charge is -2.21. The molecule has 0 atom stereocenters. The first-order valence-corrected chi connectivity index (χ1v) is 7.43. The predicted molar refractivity (Wildman–Crippen MR) is 79.1 cm³/mol. The maximum atomic E-state index is 12.3. The Labute approximate surface area is 122 Å². The molecule has 1 rings (SSSR count). The lowest BCUT2D eigenvalue weighted by Crippen LogP contribution is -2.39. The Morgan fingerprint density at radius 1 is 1.26 bits per heavy atom. The van der Waals surface area contributed by atoms with Gasteiger partial charge in [0, 0.05) is 17.4 Å². The predicted octanol–water partition coefficient (Wildman–Crippen LogP) is 2.31. The highest BCUT2D eigenvalue weighted by atomic mass is 79.9. The first-order valence-electron chi connectivity index (χ1n) is 6.31. The average Bonchev–Trinajstić information content (AvgIpc) is 2.42. The van der Waals surface area contributed by atoms with Gasteiger partial charge in [-0.3, -0.25) is 9.59 Å². The van der Waals surface area contributed by atoms with E-state index in [1.807, 2.05) is 19.1 Å². The smallest absolute Gasteiger partial charge is 0.254 e. The summed E-state index contributed by atoms with van der Waals surface area (Å²) in [6.07, 6.45) is 1.82. The van der Waals surface area contributed by atoms with Gasteiger partial charge >= 0.3 is 0 Å². The highest BCUT2D eigenvalue weighted by Crippen LogP contribution is 2.11. The van der Waals surface area contributed by atoms with Crippen LogP contribution < -0.4 is 5.73 Å². The molecule has 0 heterocycles. The maximum absolute atomic E-state index is 12.3. The van der Waals surface area contributed by atoms with Gasteiger partial charge in [-0.25, -0.2) is 0 Å². The van der Waals surface area contributed by atoms with E-state index in [-0.39, 0.29) is 12.5 Å². The van der Waals surface area contributed by atoms with Crippen LogP contribution in [0.25, 0.3) is 0 Å². The summed E-state index contributed by atoms with van der Waals surface area (Å²) in [5.41, 5.74) is 6.88. The molecule has 0 saturated carbocycles. The lowest BCUT2D eigenvalue weighted by molar-refractivity contribution is -0.118. The molecule has 4 nitrogen and oxygen atoms in total. The van der Waals surface area contributed by atoms with Crippen LogP contribution in [-0.2, 0) is 10.1 Å². The van der Waals surface area contributed by atoms with Gasteiger partial charge in [0.25, 0.3) is 5.91 Å². The number of amides is 2. The van der Waals surface area contributed by atoms with Crippen LogP contribution in [0.5, 0.6) is 0 Å². The number of benzene rings is 1. The minimum Gasteiger partial charge on any atom is -0.368 e. The first kappa shape index (κ1) is 15.7. The van der Waals surface area contributed by atoms with Crippen molar-refractivity contribution in [3.63, 3.8) is 0 Å². The van der Waals surface area contributed by atoms with E-state index in [0.717, 1.165) is 23.7 Å². The van der Waals surface area contributed by atoms with Crippen molar-refractivity contribution < 1.29 is 9.59 Å². The second-order valence-corrected chi connectivity index (χ2v) is 4.94. The van der Waals surface area contributed by atoms with Gasteiger partial charge in [-0.05, 0) is 24.1 Å². The molecule has 1 aromatic rings. The maximum Gasteiger partial charge on any atom is 0.254 e. The number of nitrogens with two attached hydrogens (primary N) is 1. The molecule has 2 amide bonds. The monoisotopic (exact) mass is 326 g/mol. The molecule has 0 saturated heterocycles. The van der Waals surface area contributed by atoms with E-state index in [1.54, 1.807) is 12.1 Å². The average molecular weight is 327 g/mol. The molecule has 1 aromatic carbocycles. The van der Waals surface area contributed by atoms with Crippen molar-refractivity contribution in [2.45, 2.75) is 25.1 Å². The van der Waals surface area contributed by atoms with Crippen LogP contribution in [0, 0.1) is 0 Å². The van der Waals surface area contributed by atoms with E-state index in [4.69, 9.17) is 5.73 Å². The number of carbonyl (C=O) groups excluding carboxylic acids is 2. The molecule has 0 aliphatic carbocycles. The van der Waals surface area contributed by atoms with Gasteiger partial charge in [0.05, 0.1) is 6.54 Å². The quantitative estimate of drug-likeness (QED) is 0.781. The zero-order valence-corrected chi connectivity index (χ0v) is 12.6. The van der Waals surface area contributed by atoms with Crippen LogP contribution in [0.4, 0.5) is 0 Å². The van der Waals surface area contributed by atoms with E-state index in [2.05, 4.69) is 15.9 Å². The summed E-state index contributed by atoms with van der Waals surface area (Å²) in [6, 6.07) is 7.34. The van der Waals surface area contributed by atoms with Gasteiger partial charge in [-0.2, -0.15) is 0 Å². The number of halogens is 1. The van der Waals surface area contributed by atoms with Gasteiger partial charge in [0.2, 0.25) is 5.91 Å². The van der Waals surface area contributed by atoms with Crippen LogP contribution in [0.15, 0.2) is 24.3 Å². The molecule has 0 radical (unpaired) electrons. The number of hydrogen-bond donors (Lipinski definition) is 1. The second-order valence-electron chi connectivity index (χ2n) is 4.38. The van der Waals surface area contributed by atoms with Crippen molar-refractivity contribution in [1.29, 1.82) is 0 Å². The molecule has 0 fully saturated rings. The molecular weight excluding hydrogens is 308 g/mol. The van der Waals surface area contributed by atoms with Crippen LogP contribution in [-0.4, -0.2) is 29.8 Å². The standard InChI is InChI=1S/C14H19BrN2O2/c1-2-3-8-17(10-13(16)18)14(19)12-6-4-11(9-15)5-7-12/h4-7H,2-3,8-10H2,1H3,(H2,16,18). The van der Waals surface area contributed by atoms with Crippen molar-refractivity contribution in [2.75, 3.05) is 13.1 Å². The first-order chi connectivity index (χ1) is 9.08. The fourth-order valence-corrected chi connectivity index (χ4v) is 2.08. The topological polar surface area (TPSA) is 63.4 Å². The van der Waals surface area contributed by atoms with Crippen LogP contribution in [0.2, 0.25) is 0 Å². The Hall–Kier alpha value is -1.36. The largest absolute Gasteiger partial charge is 0.368 e. The highest BCUT2D eigenvalue weighted by Gasteiger charge is 2.16. The molecule has 0 aliphatic rings. The molecule has 2 N–H and O–H groups in total. The third kappa shape index (κ3) is 5.03. The van der Waals surface area contributed by atoms with Crippen molar-refractivity contribution in [2.24, 2.45) is 5.73 Å². The van der Waals surface area contributed by atoms with Crippen LogP contribution in [0.3, 0.4) is 0 Å². The fourth-order valence-electron chi connectivity index (χ4n) is 1.71. The number of primary amides is 1. The van der Waals surface area contributed by atoms with Crippen molar-refractivity contribution in [3.8, 4) is 0 Å². The second kappa shape index (κ2) is 7.94. The molecule has 0 bridgehead atoms. The van der Waals surface area contributed by atoms with Gasteiger partial charge in [-0.1, -0.05) is 41.4 Å². The van der Waals surface area contributed by atoms with Crippen LogP contribution in [0.1, 0.15) is 35.7 Å². The van der Waals surface area contributed by atoms with E-state index < -0.39 is 5.91 Å². The SMILES string of the molecule is CCCCN(CC(N)=O)C(=O)c1ccc(CBr)cc1. The van der Waals surface area contributed by atoms with Gasteiger partial charge in [-0.15, -0.1) is 0 Å². The third-order valence-corrected chi connectivity index (χ3v) is 3.42. The van der Waals surface area contributed by atoms with E-state index in [1.165, 1.54) is 4.90 Å². The molecular formula is C14H19BrN2O2. The van der Waals surface area contributed by atoms with E-state index in [0.29, 0.717) is 12.1 Å². The number of nitrogens with zero attached hydrogens (tertiary/aromatic N) is 1. The Bertz CT molecular complexity index is 432. The summed E-state index contributed by atoms with van der Waals surface area (Å²) < 4.78 is 0. The summed E-state index contributed by atoms with van der Waals surface area (Å²) in [6.45, 7) is 2.56. The lowest BCUT2D eigenvalue weighted by atomic mass is 10.1. The zero-order chi connectivity index (χ0) is 14.3. The van der Waals surface area contributed by atoms with Crippen molar-refractivity contribution >= 4 is 27.7 Å². The highest BCUT2D eigenvalue weighted by molar-refractivity contribution is 9.08. The number of alkyl halides is 1. The summed E-state index contributed by atoms with van der Waals surface area (Å²) in [7, 11) is 0. The van der Waals surface area contributed by atoms with E-state index in [9.17, 15) is 9.59 Å². The molecule has 0 unspecified atom stereocenters. The minimum absolute atomic E-state index is 0.0287. The van der Waals surface area contributed by atoms with Crippen LogP contribution >= 0.6 is 15.9 Å². The van der Waals surface area contributed by atoms with Gasteiger partial charge < -0.3 is 10.6 Å². The molecule has 0 spiro atoms.